The fraction of sp³-hybridized carbons (Fsp3) is 0.467. The minimum Gasteiger partial charge on any atom is -0.354 e. The molecule has 0 aliphatic rings. The van der Waals surface area contributed by atoms with Crippen molar-refractivity contribution < 1.29 is 9.59 Å². The summed E-state index contributed by atoms with van der Waals surface area (Å²) < 4.78 is 0. The lowest BCUT2D eigenvalue weighted by Crippen LogP contribution is -2.41. The molecule has 110 valence electrons. The van der Waals surface area contributed by atoms with Crippen LogP contribution >= 0.6 is 11.6 Å². The number of carbonyl (C=O) groups excluding carboxylic acids is 2. The van der Waals surface area contributed by atoms with Crippen molar-refractivity contribution in [3.8, 4) is 0 Å². The number of rotatable bonds is 4. The van der Waals surface area contributed by atoms with Gasteiger partial charge in [0.05, 0.1) is 10.7 Å². The Labute approximate surface area is 125 Å². The van der Waals surface area contributed by atoms with Crippen molar-refractivity contribution in [2.45, 2.75) is 27.7 Å². The molecule has 1 aromatic carbocycles. The molecule has 0 heterocycles. The highest BCUT2D eigenvalue weighted by Gasteiger charge is 2.21. The van der Waals surface area contributed by atoms with E-state index in [1.807, 2.05) is 32.9 Å². The van der Waals surface area contributed by atoms with Crippen LogP contribution in [0.2, 0.25) is 5.02 Å². The van der Waals surface area contributed by atoms with Gasteiger partial charge in [0.1, 0.15) is 0 Å². The molecule has 0 spiro atoms. The van der Waals surface area contributed by atoms with Crippen LogP contribution in [-0.4, -0.2) is 24.9 Å². The van der Waals surface area contributed by atoms with Crippen molar-refractivity contribution >= 4 is 29.1 Å². The predicted octanol–water partition coefficient (Wildman–Crippen LogP) is 2.86. The van der Waals surface area contributed by atoms with E-state index in [-0.39, 0.29) is 11.8 Å². The Morgan fingerprint density at radius 3 is 2.35 bits per heavy atom. The van der Waals surface area contributed by atoms with Crippen LogP contribution in [0.1, 0.15) is 27.7 Å². The molecule has 0 aliphatic carbocycles. The molecule has 1 N–H and O–H groups in total. The van der Waals surface area contributed by atoms with Gasteiger partial charge in [0, 0.05) is 25.4 Å². The van der Waals surface area contributed by atoms with Crippen LogP contribution in [0.3, 0.4) is 0 Å². The van der Waals surface area contributed by atoms with Gasteiger partial charge in [-0.1, -0.05) is 44.5 Å². The lowest BCUT2D eigenvalue weighted by molar-refractivity contribution is -0.128. The van der Waals surface area contributed by atoms with E-state index in [1.165, 1.54) is 6.92 Å². The number of hydrogen-bond acceptors (Lipinski definition) is 2. The summed E-state index contributed by atoms with van der Waals surface area (Å²) in [5.41, 5.74) is 0.220. The number of amides is 2. The monoisotopic (exact) mass is 296 g/mol. The quantitative estimate of drug-likeness (QED) is 0.929. The second-order valence-electron chi connectivity index (χ2n) is 5.63. The predicted molar refractivity (Wildman–Crippen MR) is 81.9 cm³/mol. The Balaban J connectivity index is 2.69. The zero-order chi connectivity index (χ0) is 15.3. The van der Waals surface area contributed by atoms with Gasteiger partial charge in [0.25, 0.3) is 0 Å². The molecule has 1 rings (SSSR count). The van der Waals surface area contributed by atoms with Crippen molar-refractivity contribution in [1.82, 2.24) is 5.32 Å². The number of hydrogen-bond donors (Lipinski definition) is 1. The molecule has 0 bridgehead atoms. The van der Waals surface area contributed by atoms with E-state index in [4.69, 9.17) is 11.6 Å². The van der Waals surface area contributed by atoms with Gasteiger partial charge in [-0.15, -0.1) is 0 Å². The number of carbonyl (C=O) groups is 2. The van der Waals surface area contributed by atoms with Gasteiger partial charge in [-0.2, -0.15) is 0 Å². The SMILES string of the molecule is CC(=O)N(CCNC(=O)C(C)(C)C)c1ccccc1Cl. The van der Waals surface area contributed by atoms with Crippen LogP contribution in [0.5, 0.6) is 0 Å². The van der Waals surface area contributed by atoms with E-state index >= 15 is 0 Å². The molecule has 5 heteroatoms. The molecule has 2 amide bonds. The second kappa shape index (κ2) is 6.75. The van der Waals surface area contributed by atoms with E-state index in [0.717, 1.165) is 0 Å². The van der Waals surface area contributed by atoms with Gasteiger partial charge >= 0.3 is 0 Å². The summed E-state index contributed by atoms with van der Waals surface area (Å²) in [5, 5.41) is 3.34. The number of nitrogens with one attached hydrogen (secondary N) is 1. The van der Waals surface area contributed by atoms with Crippen molar-refractivity contribution in [1.29, 1.82) is 0 Å². The largest absolute Gasteiger partial charge is 0.354 e. The Morgan fingerprint density at radius 2 is 1.85 bits per heavy atom. The molecule has 20 heavy (non-hydrogen) atoms. The molecule has 0 aromatic heterocycles. The number of benzene rings is 1. The van der Waals surface area contributed by atoms with Crippen molar-refractivity contribution in [2.75, 3.05) is 18.0 Å². The van der Waals surface area contributed by atoms with Gasteiger partial charge in [-0.3, -0.25) is 9.59 Å². The first-order chi connectivity index (χ1) is 9.23. The van der Waals surface area contributed by atoms with Gasteiger partial charge < -0.3 is 10.2 Å². The van der Waals surface area contributed by atoms with Gasteiger partial charge in [0.2, 0.25) is 11.8 Å². The molecule has 0 unspecified atom stereocenters. The van der Waals surface area contributed by atoms with E-state index in [0.29, 0.717) is 23.8 Å². The van der Waals surface area contributed by atoms with Gasteiger partial charge in [-0.25, -0.2) is 0 Å². The molecule has 0 fully saturated rings. The molecule has 0 saturated carbocycles. The average Bonchev–Trinajstić information content (AvgIpc) is 2.34. The number of anilines is 1. The van der Waals surface area contributed by atoms with Crippen LogP contribution in [0, 0.1) is 5.41 Å². The third-order valence-electron chi connectivity index (χ3n) is 2.83. The summed E-state index contributed by atoms with van der Waals surface area (Å²) in [7, 11) is 0. The molecule has 0 radical (unpaired) electrons. The second-order valence-corrected chi connectivity index (χ2v) is 6.04. The fourth-order valence-electron chi connectivity index (χ4n) is 1.66. The molecule has 1 aromatic rings. The first-order valence-corrected chi connectivity index (χ1v) is 6.92. The van der Waals surface area contributed by atoms with Crippen molar-refractivity contribution in [3.05, 3.63) is 29.3 Å². The molecule has 4 nitrogen and oxygen atoms in total. The Hall–Kier alpha value is -1.55. The highest BCUT2D eigenvalue weighted by molar-refractivity contribution is 6.33. The summed E-state index contributed by atoms with van der Waals surface area (Å²) >= 11 is 6.10. The van der Waals surface area contributed by atoms with Crippen LogP contribution in [0.15, 0.2) is 24.3 Å². The first kappa shape index (κ1) is 16.5. The van der Waals surface area contributed by atoms with Crippen molar-refractivity contribution in [3.63, 3.8) is 0 Å². The van der Waals surface area contributed by atoms with E-state index < -0.39 is 5.41 Å². The van der Waals surface area contributed by atoms with Crippen LogP contribution in [0.4, 0.5) is 5.69 Å². The van der Waals surface area contributed by atoms with Crippen LogP contribution < -0.4 is 10.2 Å². The van der Waals surface area contributed by atoms with Gasteiger partial charge in [0.15, 0.2) is 0 Å². The van der Waals surface area contributed by atoms with E-state index in [9.17, 15) is 9.59 Å². The van der Waals surface area contributed by atoms with Crippen molar-refractivity contribution in [2.24, 2.45) is 5.41 Å². The number of halogens is 1. The highest BCUT2D eigenvalue weighted by atomic mass is 35.5. The summed E-state index contributed by atoms with van der Waals surface area (Å²) in [6.07, 6.45) is 0. The molecular weight excluding hydrogens is 276 g/mol. The molecular formula is C15H21ClN2O2. The zero-order valence-corrected chi connectivity index (χ0v) is 13.1. The maximum atomic E-state index is 11.8. The summed E-state index contributed by atoms with van der Waals surface area (Å²) in [6, 6.07) is 7.16. The minimum absolute atomic E-state index is 0.0415. The third kappa shape index (κ3) is 4.53. The third-order valence-corrected chi connectivity index (χ3v) is 3.15. The van der Waals surface area contributed by atoms with E-state index in [2.05, 4.69) is 5.32 Å². The Kier molecular flexibility index (Phi) is 5.57. The maximum Gasteiger partial charge on any atom is 0.225 e. The average molecular weight is 297 g/mol. The van der Waals surface area contributed by atoms with Crippen LogP contribution in [-0.2, 0) is 9.59 Å². The van der Waals surface area contributed by atoms with Crippen LogP contribution in [0.25, 0.3) is 0 Å². The normalized spacial score (nSPS) is 11.1. The molecule has 0 atom stereocenters. The summed E-state index contributed by atoms with van der Waals surface area (Å²) in [4.78, 5) is 25.1. The number of nitrogens with zero attached hydrogens (tertiary/aromatic N) is 1. The Bertz CT molecular complexity index is 495. The summed E-state index contributed by atoms with van der Waals surface area (Å²) in [5.74, 6) is -0.150. The molecule has 0 aliphatic heterocycles. The van der Waals surface area contributed by atoms with E-state index in [1.54, 1.807) is 17.0 Å². The minimum atomic E-state index is -0.439. The number of para-hydroxylation sites is 1. The summed E-state index contributed by atoms with van der Waals surface area (Å²) in [6.45, 7) is 7.80. The zero-order valence-electron chi connectivity index (χ0n) is 12.4. The first-order valence-electron chi connectivity index (χ1n) is 6.54. The lowest BCUT2D eigenvalue weighted by Gasteiger charge is -2.24. The smallest absolute Gasteiger partial charge is 0.225 e. The van der Waals surface area contributed by atoms with Gasteiger partial charge in [-0.05, 0) is 12.1 Å². The standard InChI is InChI=1S/C15H21ClN2O2/c1-11(19)18(13-8-6-5-7-12(13)16)10-9-17-14(20)15(2,3)4/h5-8H,9-10H2,1-4H3,(H,17,20). The fourth-order valence-corrected chi connectivity index (χ4v) is 1.90. The molecule has 0 saturated heterocycles. The highest BCUT2D eigenvalue weighted by Crippen LogP contribution is 2.25. The maximum absolute atomic E-state index is 11.8. The Morgan fingerprint density at radius 1 is 1.25 bits per heavy atom. The lowest BCUT2D eigenvalue weighted by atomic mass is 9.96. The topological polar surface area (TPSA) is 49.4 Å².